The van der Waals surface area contributed by atoms with Gasteiger partial charge in [0.05, 0.1) is 0 Å². The van der Waals surface area contributed by atoms with Crippen molar-refractivity contribution in [2.45, 2.75) is 58.5 Å². The van der Waals surface area contributed by atoms with E-state index in [-0.39, 0.29) is 0 Å². The summed E-state index contributed by atoms with van der Waals surface area (Å²) in [4.78, 5) is 2.72. The van der Waals surface area contributed by atoms with Gasteiger partial charge in [-0.3, -0.25) is 4.90 Å². The lowest BCUT2D eigenvalue weighted by molar-refractivity contribution is 0.197. The van der Waals surface area contributed by atoms with Crippen molar-refractivity contribution in [2.24, 2.45) is 5.41 Å². The van der Waals surface area contributed by atoms with E-state index in [9.17, 15) is 0 Å². The van der Waals surface area contributed by atoms with Crippen LogP contribution in [0.3, 0.4) is 0 Å². The molecule has 1 saturated carbocycles. The third kappa shape index (κ3) is 1.28. The Labute approximate surface area is 76.1 Å². The van der Waals surface area contributed by atoms with Crippen molar-refractivity contribution in [1.82, 2.24) is 4.90 Å². The minimum Gasteiger partial charge on any atom is -0.297 e. The van der Waals surface area contributed by atoms with E-state index in [1.807, 2.05) is 0 Å². The van der Waals surface area contributed by atoms with Gasteiger partial charge in [0.2, 0.25) is 0 Å². The van der Waals surface area contributed by atoms with Crippen molar-refractivity contribution >= 4 is 0 Å². The monoisotopic (exact) mass is 167 g/mol. The maximum Gasteiger partial charge on any atom is 0.0104 e. The highest BCUT2D eigenvalue weighted by Crippen LogP contribution is 2.45. The largest absolute Gasteiger partial charge is 0.297 e. The summed E-state index contributed by atoms with van der Waals surface area (Å²) in [5.74, 6) is 0. The van der Waals surface area contributed by atoms with Crippen molar-refractivity contribution in [3.05, 3.63) is 0 Å². The minimum absolute atomic E-state index is 0.674. The highest BCUT2D eigenvalue weighted by Gasteiger charge is 2.43. The molecular weight excluding hydrogens is 146 g/mol. The molecule has 2 aliphatic rings. The molecule has 1 heterocycles. The highest BCUT2D eigenvalue weighted by atomic mass is 15.2. The summed E-state index contributed by atoms with van der Waals surface area (Å²) < 4.78 is 0. The Morgan fingerprint density at radius 3 is 2.75 bits per heavy atom. The quantitative estimate of drug-likeness (QED) is 0.580. The van der Waals surface area contributed by atoms with Gasteiger partial charge in [-0.1, -0.05) is 13.3 Å². The van der Waals surface area contributed by atoms with Crippen molar-refractivity contribution in [3.63, 3.8) is 0 Å². The Hall–Kier alpha value is -0.0400. The molecule has 0 spiro atoms. The van der Waals surface area contributed by atoms with Crippen LogP contribution in [0.5, 0.6) is 0 Å². The van der Waals surface area contributed by atoms with E-state index in [1.54, 1.807) is 0 Å². The molecule has 0 aromatic rings. The fraction of sp³-hybridized carbons (Fsp3) is 1.00. The van der Waals surface area contributed by atoms with Crippen LogP contribution in [0.15, 0.2) is 0 Å². The second-order valence-corrected chi connectivity index (χ2v) is 5.33. The summed E-state index contributed by atoms with van der Waals surface area (Å²) in [5.41, 5.74) is 0.674. The summed E-state index contributed by atoms with van der Waals surface area (Å²) in [7, 11) is 0. The lowest BCUT2D eigenvalue weighted by Crippen LogP contribution is -2.35. The van der Waals surface area contributed by atoms with Crippen LogP contribution in [0.25, 0.3) is 0 Å². The Kier molecular flexibility index (Phi) is 1.95. The number of hydrogen-bond donors (Lipinski definition) is 0. The van der Waals surface area contributed by atoms with Crippen LogP contribution < -0.4 is 0 Å². The van der Waals surface area contributed by atoms with Crippen LogP contribution in [-0.2, 0) is 0 Å². The molecular formula is C11H21N. The molecule has 0 N–H and O–H groups in total. The average molecular weight is 167 g/mol. The predicted molar refractivity (Wildman–Crippen MR) is 52.2 cm³/mol. The minimum atomic E-state index is 0.674. The molecule has 2 rings (SSSR count). The molecule has 2 bridgehead atoms. The summed E-state index contributed by atoms with van der Waals surface area (Å²) in [6.07, 6.45) is 5.84. The number of hydrogen-bond acceptors (Lipinski definition) is 1. The van der Waals surface area contributed by atoms with Crippen LogP contribution >= 0.6 is 0 Å². The summed E-state index contributed by atoms with van der Waals surface area (Å²) in [6.45, 7) is 8.50. The molecule has 1 saturated heterocycles. The van der Waals surface area contributed by atoms with E-state index in [0.717, 1.165) is 12.1 Å². The third-order valence-corrected chi connectivity index (χ3v) is 3.74. The number of likely N-dealkylation sites (tertiary alicyclic amines) is 1. The molecule has 2 fully saturated rings. The maximum absolute atomic E-state index is 2.72. The van der Waals surface area contributed by atoms with Gasteiger partial charge in [-0.05, 0) is 38.5 Å². The van der Waals surface area contributed by atoms with Gasteiger partial charge in [0, 0.05) is 18.6 Å². The van der Waals surface area contributed by atoms with Crippen molar-refractivity contribution in [1.29, 1.82) is 0 Å². The van der Waals surface area contributed by atoms with Gasteiger partial charge in [-0.15, -0.1) is 0 Å². The van der Waals surface area contributed by atoms with Gasteiger partial charge >= 0.3 is 0 Å². The molecule has 1 heteroatoms. The third-order valence-electron chi connectivity index (χ3n) is 3.74. The Balaban J connectivity index is 2.12. The van der Waals surface area contributed by atoms with Crippen molar-refractivity contribution < 1.29 is 0 Å². The molecule has 2 unspecified atom stereocenters. The summed E-state index contributed by atoms with van der Waals surface area (Å²) in [5, 5.41) is 0. The molecule has 70 valence electrons. The van der Waals surface area contributed by atoms with Gasteiger partial charge in [-0.2, -0.15) is 0 Å². The smallest absolute Gasteiger partial charge is 0.0104 e. The Morgan fingerprint density at radius 1 is 1.42 bits per heavy atom. The fourth-order valence-electron chi connectivity index (χ4n) is 3.14. The van der Waals surface area contributed by atoms with E-state index in [1.165, 1.54) is 32.2 Å². The molecule has 1 nitrogen and oxygen atoms in total. The lowest BCUT2D eigenvalue weighted by atomic mass is 9.78. The van der Waals surface area contributed by atoms with Crippen LogP contribution in [0.1, 0.15) is 46.5 Å². The standard InChI is InChI=1S/C11H21N/c1-9(2)12-8-11(3)6-4-5-10(12)7-11/h9-10H,4-8H2,1-3H3. The van der Waals surface area contributed by atoms with Gasteiger partial charge in [-0.25, -0.2) is 0 Å². The first-order valence-electron chi connectivity index (χ1n) is 5.36. The second-order valence-electron chi connectivity index (χ2n) is 5.33. The number of nitrogens with zero attached hydrogens (tertiary/aromatic N) is 1. The Morgan fingerprint density at radius 2 is 2.17 bits per heavy atom. The molecule has 0 aromatic heterocycles. The van der Waals surface area contributed by atoms with Crippen LogP contribution in [-0.4, -0.2) is 23.5 Å². The molecule has 1 aliphatic carbocycles. The number of rotatable bonds is 1. The van der Waals surface area contributed by atoms with E-state index < -0.39 is 0 Å². The summed E-state index contributed by atoms with van der Waals surface area (Å²) in [6, 6.07) is 1.68. The molecule has 12 heavy (non-hydrogen) atoms. The molecule has 1 aliphatic heterocycles. The van der Waals surface area contributed by atoms with E-state index in [0.29, 0.717) is 5.41 Å². The van der Waals surface area contributed by atoms with Crippen molar-refractivity contribution in [2.75, 3.05) is 6.54 Å². The predicted octanol–water partition coefficient (Wildman–Crippen LogP) is 2.66. The van der Waals surface area contributed by atoms with Crippen molar-refractivity contribution in [3.8, 4) is 0 Å². The van der Waals surface area contributed by atoms with E-state index in [4.69, 9.17) is 0 Å². The normalized spacial score (nSPS) is 42.5. The van der Waals surface area contributed by atoms with E-state index >= 15 is 0 Å². The Bertz CT molecular complexity index is 176. The van der Waals surface area contributed by atoms with Gasteiger partial charge < -0.3 is 0 Å². The van der Waals surface area contributed by atoms with Crippen LogP contribution in [0.4, 0.5) is 0 Å². The van der Waals surface area contributed by atoms with E-state index in [2.05, 4.69) is 25.7 Å². The molecule has 0 radical (unpaired) electrons. The van der Waals surface area contributed by atoms with Crippen LogP contribution in [0.2, 0.25) is 0 Å². The van der Waals surface area contributed by atoms with Crippen LogP contribution in [0, 0.1) is 5.41 Å². The second kappa shape index (κ2) is 2.73. The van der Waals surface area contributed by atoms with Gasteiger partial charge in [0.25, 0.3) is 0 Å². The van der Waals surface area contributed by atoms with Gasteiger partial charge in [0.1, 0.15) is 0 Å². The number of fused-ring (bicyclic) bond motifs is 2. The zero-order valence-corrected chi connectivity index (χ0v) is 8.64. The first kappa shape index (κ1) is 8.55. The lowest BCUT2D eigenvalue weighted by Gasteiger charge is -2.28. The molecule has 2 atom stereocenters. The molecule has 0 amide bonds. The topological polar surface area (TPSA) is 3.24 Å². The maximum atomic E-state index is 2.72. The first-order valence-corrected chi connectivity index (χ1v) is 5.36. The zero-order chi connectivity index (χ0) is 8.77. The fourth-order valence-corrected chi connectivity index (χ4v) is 3.14. The molecule has 0 aromatic carbocycles. The summed E-state index contributed by atoms with van der Waals surface area (Å²) >= 11 is 0. The highest BCUT2D eigenvalue weighted by molar-refractivity contribution is 4.97. The first-order chi connectivity index (χ1) is 5.61. The van der Waals surface area contributed by atoms with Gasteiger partial charge in [0.15, 0.2) is 0 Å². The average Bonchev–Trinajstić information content (AvgIpc) is 2.22. The zero-order valence-electron chi connectivity index (χ0n) is 8.64. The SMILES string of the molecule is CC(C)N1CC2(C)CCCC1C2.